The molecule has 2 rings (SSSR count). The maximum absolute atomic E-state index is 11.0. The monoisotopic (exact) mass is 367 g/mol. The largest absolute Gasteiger partial charge is 0.480 e. The van der Waals surface area contributed by atoms with Crippen LogP contribution in [0.1, 0.15) is 9.75 Å². The molecule has 0 aliphatic carbocycles. The van der Waals surface area contributed by atoms with Crippen molar-refractivity contribution in [3.8, 4) is 17.6 Å². The molecular weight excluding hydrogens is 358 g/mol. The number of hydrogen-bond acceptors (Lipinski definition) is 5. The molecule has 1 heterocycles. The zero-order valence-corrected chi connectivity index (χ0v) is 13.1. The Morgan fingerprint density at radius 2 is 2.19 bits per heavy atom. The Morgan fingerprint density at radius 3 is 2.90 bits per heavy atom. The van der Waals surface area contributed by atoms with Crippen LogP contribution >= 0.6 is 27.3 Å². The quantitative estimate of drug-likeness (QED) is 0.510. The van der Waals surface area contributed by atoms with Gasteiger partial charge in [-0.2, -0.15) is 0 Å². The average molecular weight is 368 g/mol. The van der Waals surface area contributed by atoms with E-state index in [0.717, 1.165) is 9.75 Å². The summed E-state index contributed by atoms with van der Waals surface area (Å²) >= 11 is 4.67. The van der Waals surface area contributed by atoms with Crippen molar-refractivity contribution in [2.75, 3.05) is 6.61 Å². The second-order valence-electron chi connectivity index (χ2n) is 3.86. The summed E-state index contributed by atoms with van der Waals surface area (Å²) in [6, 6.07) is 8.33. The fourth-order valence-electron chi connectivity index (χ4n) is 1.58. The maximum Gasteiger partial charge on any atom is 0.312 e. The van der Waals surface area contributed by atoms with E-state index < -0.39 is 4.92 Å². The Balaban J connectivity index is 2.13. The Labute approximate surface area is 133 Å². The number of nitro groups is 1. The molecule has 0 radical (unpaired) electrons. The first kappa shape index (κ1) is 15.5. The highest BCUT2D eigenvalue weighted by Gasteiger charge is 2.18. The zero-order chi connectivity index (χ0) is 15.2. The normalized spacial score (nSPS) is 9.81. The minimum atomic E-state index is -0.479. The van der Waals surface area contributed by atoms with E-state index in [0.29, 0.717) is 4.47 Å². The van der Waals surface area contributed by atoms with Gasteiger partial charge in [0.2, 0.25) is 5.75 Å². The van der Waals surface area contributed by atoms with Gasteiger partial charge in [-0.05, 0) is 34.1 Å². The average Bonchev–Trinajstić information content (AvgIpc) is 2.91. The van der Waals surface area contributed by atoms with Gasteiger partial charge in [0.25, 0.3) is 0 Å². The Kier molecular flexibility index (Phi) is 5.33. The van der Waals surface area contributed by atoms with Crippen LogP contribution < -0.4 is 4.74 Å². The molecular formula is C14H10BrNO4S. The molecule has 0 bridgehead atoms. The summed E-state index contributed by atoms with van der Waals surface area (Å²) in [5.41, 5.74) is -0.0822. The lowest BCUT2D eigenvalue weighted by molar-refractivity contribution is -0.386. The highest BCUT2D eigenvalue weighted by molar-refractivity contribution is 9.10. The topological polar surface area (TPSA) is 72.6 Å². The van der Waals surface area contributed by atoms with Crippen molar-refractivity contribution in [3.63, 3.8) is 0 Å². The van der Waals surface area contributed by atoms with Crippen LogP contribution in [-0.2, 0) is 6.61 Å². The van der Waals surface area contributed by atoms with E-state index in [1.54, 1.807) is 12.1 Å². The van der Waals surface area contributed by atoms with Crippen LogP contribution in [0.2, 0.25) is 0 Å². The van der Waals surface area contributed by atoms with Crippen LogP contribution in [0.15, 0.2) is 34.8 Å². The lowest BCUT2D eigenvalue weighted by atomic mass is 10.3. The minimum absolute atomic E-state index is 0.0822. The fraction of sp³-hybridized carbons (Fsp3) is 0.143. The Bertz CT molecular complexity index is 717. The molecule has 1 N–H and O–H groups in total. The van der Waals surface area contributed by atoms with E-state index in [1.165, 1.54) is 17.4 Å². The van der Waals surface area contributed by atoms with Gasteiger partial charge in [0, 0.05) is 10.9 Å². The fourth-order valence-corrected chi connectivity index (χ4v) is 2.84. The molecule has 0 saturated carbocycles. The second-order valence-corrected chi connectivity index (χ2v) is 5.88. The third-order valence-electron chi connectivity index (χ3n) is 2.45. The summed E-state index contributed by atoms with van der Waals surface area (Å²) in [4.78, 5) is 12.2. The van der Waals surface area contributed by atoms with Crippen molar-refractivity contribution in [3.05, 3.63) is 54.7 Å². The van der Waals surface area contributed by atoms with Gasteiger partial charge in [0.15, 0.2) is 0 Å². The number of halogens is 1. The number of ether oxygens (including phenoxy) is 1. The van der Waals surface area contributed by atoms with Crippen molar-refractivity contribution in [1.82, 2.24) is 0 Å². The molecule has 0 saturated heterocycles. The number of rotatable bonds is 4. The van der Waals surface area contributed by atoms with Gasteiger partial charge < -0.3 is 9.84 Å². The second kappa shape index (κ2) is 7.22. The molecule has 1 aromatic carbocycles. The van der Waals surface area contributed by atoms with Crippen LogP contribution in [0.4, 0.5) is 5.69 Å². The Morgan fingerprint density at radius 1 is 1.38 bits per heavy atom. The molecule has 7 heteroatoms. The van der Waals surface area contributed by atoms with Gasteiger partial charge in [0.05, 0.1) is 14.3 Å². The van der Waals surface area contributed by atoms with Crippen LogP contribution in [0.25, 0.3) is 0 Å². The number of nitro benzene ring substituents is 1. The molecule has 0 atom stereocenters. The summed E-state index contributed by atoms with van der Waals surface area (Å²) in [5.74, 6) is 5.57. The number of thiophene rings is 1. The van der Waals surface area contributed by atoms with Crippen molar-refractivity contribution >= 4 is 33.0 Å². The van der Waals surface area contributed by atoms with Crippen LogP contribution in [0.3, 0.4) is 0 Å². The lowest BCUT2D eigenvalue weighted by Gasteiger charge is -2.07. The smallest absolute Gasteiger partial charge is 0.312 e. The zero-order valence-electron chi connectivity index (χ0n) is 10.7. The van der Waals surface area contributed by atoms with E-state index >= 15 is 0 Å². The van der Waals surface area contributed by atoms with Crippen molar-refractivity contribution < 1.29 is 14.8 Å². The van der Waals surface area contributed by atoms with Crippen molar-refractivity contribution in [2.45, 2.75) is 6.61 Å². The highest BCUT2D eigenvalue weighted by Crippen LogP contribution is 2.35. The van der Waals surface area contributed by atoms with E-state index in [4.69, 9.17) is 9.84 Å². The number of benzene rings is 1. The first-order valence-electron chi connectivity index (χ1n) is 5.86. The first-order valence-corrected chi connectivity index (χ1v) is 7.47. The Hall–Kier alpha value is -1.88. The summed E-state index contributed by atoms with van der Waals surface area (Å²) in [6.45, 7) is 0.0296. The number of aliphatic hydroxyl groups is 1. The highest BCUT2D eigenvalue weighted by atomic mass is 79.9. The van der Waals surface area contributed by atoms with Gasteiger partial charge in [-0.3, -0.25) is 10.1 Å². The SMILES string of the molecule is O=[N+]([O-])c1cccc(Br)c1OCc1ccc(C#CCO)s1. The van der Waals surface area contributed by atoms with Gasteiger partial charge in [-0.1, -0.05) is 17.9 Å². The van der Waals surface area contributed by atoms with Gasteiger partial charge in [-0.25, -0.2) is 0 Å². The summed E-state index contributed by atoms with van der Waals surface area (Å²) in [5, 5.41) is 19.6. The van der Waals surface area contributed by atoms with Crippen molar-refractivity contribution in [1.29, 1.82) is 0 Å². The third-order valence-corrected chi connectivity index (χ3v) is 4.05. The molecule has 0 aliphatic rings. The van der Waals surface area contributed by atoms with Gasteiger partial charge in [0.1, 0.15) is 13.2 Å². The van der Waals surface area contributed by atoms with Crippen LogP contribution in [0, 0.1) is 22.0 Å². The molecule has 0 aliphatic heterocycles. The molecule has 0 unspecified atom stereocenters. The molecule has 2 aromatic rings. The number of hydrogen-bond donors (Lipinski definition) is 1. The van der Waals surface area contributed by atoms with Crippen LogP contribution in [-0.4, -0.2) is 16.6 Å². The molecule has 108 valence electrons. The maximum atomic E-state index is 11.0. The van der Waals surface area contributed by atoms with Gasteiger partial charge in [-0.15, -0.1) is 11.3 Å². The predicted molar refractivity (Wildman–Crippen MR) is 83.4 cm³/mol. The molecule has 21 heavy (non-hydrogen) atoms. The molecule has 1 aromatic heterocycles. The predicted octanol–water partition coefficient (Wildman–Crippen LogP) is 3.34. The van der Waals surface area contributed by atoms with Crippen LogP contribution in [0.5, 0.6) is 5.75 Å². The third kappa shape index (κ3) is 4.04. The van der Waals surface area contributed by atoms with E-state index in [9.17, 15) is 10.1 Å². The lowest BCUT2D eigenvalue weighted by Crippen LogP contribution is -1.98. The number of para-hydroxylation sites is 1. The summed E-state index contributed by atoms with van der Waals surface area (Å²) in [7, 11) is 0. The number of aliphatic hydroxyl groups excluding tert-OH is 1. The first-order chi connectivity index (χ1) is 10.1. The summed E-state index contributed by atoms with van der Waals surface area (Å²) < 4.78 is 6.09. The molecule has 0 fully saturated rings. The van der Waals surface area contributed by atoms with Crippen molar-refractivity contribution in [2.24, 2.45) is 0 Å². The van der Waals surface area contributed by atoms with E-state index in [-0.39, 0.29) is 24.7 Å². The summed E-state index contributed by atoms with van der Waals surface area (Å²) in [6.07, 6.45) is 0. The molecule has 0 amide bonds. The number of nitrogens with zero attached hydrogens (tertiary/aromatic N) is 1. The van der Waals surface area contributed by atoms with E-state index in [1.807, 2.05) is 12.1 Å². The standard InChI is InChI=1S/C14H10BrNO4S/c15-12-4-1-5-13(16(18)19)14(12)20-9-11-7-6-10(21-11)3-2-8-17/h1,4-7,17H,8-9H2. The minimum Gasteiger partial charge on any atom is -0.480 e. The van der Waals surface area contributed by atoms with E-state index in [2.05, 4.69) is 27.8 Å². The van der Waals surface area contributed by atoms with Gasteiger partial charge >= 0.3 is 5.69 Å². The molecule has 0 spiro atoms. The molecule has 5 nitrogen and oxygen atoms in total.